The van der Waals surface area contributed by atoms with Crippen molar-refractivity contribution in [3.8, 4) is 0 Å². The van der Waals surface area contributed by atoms with Gasteiger partial charge in [0.1, 0.15) is 0 Å². The lowest BCUT2D eigenvalue weighted by Gasteiger charge is -2.39. The van der Waals surface area contributed by atoms with Gasteiger partial charge in [0.25, 0.3) is 0 Å². The van der Waals surface area contributed by atoms with Gasteiger partial charge in [0.05, 0.1) is 6.04 Å². The highest BCUT2D eigenvalue weighted by Crippen LogP contribution is 2.29. The Hall–Kier alpha value is -3.74. The number of piperazine rings is 1. The first-order valence-electron chi connectivity index (χ1n) is 11.3. The summed E-state index contributed by atoms with van der Waals surface area (Å²) in [5, 5.41) is 14.8. The minimum absolute atomic E-state index is 0.337. The van der Waals surface area contributed by atoms with E-state index < -0.39 is 11.9 Å². The van der Waals surface area contributed by atoms with Gasteiger partial charge in [-0.05, 0) is 16.7 Å². The second-order valence-electron chi connectivity index (χ2n) is 7.98. The van der Waals surface area contributed by atoms with E-state index in [-0.39, 0.29) is 0 Å². The summed E-state index contributed by atoms with van der Waals surface area (Å²) in [4.78, 5) is 23.4. The maximum atomic E-state index is 9.10. The van der Waals surface area contributed by atoms with Gasteiger partial charge in [0, 0.05) is 32.7 Å². The monoisotopic (exact) mass is 458 g/mol. The van der Waals surface area contributed by atoms with Crippen LogP contribution < -0.4 is 0 Å². The van der Waals surface area contributed by atoms with Crippen molar-refractivity contribution in [3.63, 3.8) is 0 Å². The average Bonchev–Trinajstić information content (AvgIpc) is 2.87. The van der Waals surface area contributed by atoms with Crippen LogP contribution in [0, 0.1) is 0 Å². The fourth-order valence-electron chi connectivity index (χ4n) is 3.99. The number of hydrogen-bond acceptors (Lipinski definition) is 4. The molecule has 3 aromatic carbocycles. The highest BCUT2D eigenvalue weighted by molar-refractivity contribution is 6.27. The van der Waals surface area contributed by atoms with Crippen molar-refractivity contribution >= 4 is 18.0 Å². The van der Waals surface area contributed by atoms with E-state index in [2.05, 4.69) is 113 Å². The highest BCUT2D eigenvalue weighted by atomic mass is 16.4. The number of hydrogen-bond donors (Lipinski definition) is 2. The van der Waals surface area contributed by atoms with E-state index in [1.165, 1.54) is 16.7 Å². The third kappa shape index (κ3) is 7.69. The third-order valence-electron chi connectivity index (χ3n) is 5.66. The molecule has 1 aliphatic heterocycles. The number of carbonyl (C=O) groups is 2. The Labute approximate surface area is 200 Å². The molecule has 1 heterocycles. The highest BCUT2D eigenvalue weighted by Gasteiger charge is 2.25. The molecule has 1 aliphatic rings. The number of rotatable bonds is 6. The molecule has 2 N–H and O–H groups in total. The van der Waals surface area contributed by atoms with Crippen molar-refractivity contribution in [2.75, 3.05) is 32.7 Å². The van der Waals surface area contributed by atoms with Gasteiger partial charge in [0.15, 0.2) is 0 Å². The molecular formula is C28H30N2O4. The van der Waals surface area contributed by atoms with Crippen LogP contribution in [0.1, 0.15) is 22.7 Å². The molecule has 6 heteroatoms. The lowest BCUT2D eigenvalue weighted by molar-refractivity contribution is -0.159. The van der Waals surface area contributed by atoms with Gasteiger partial charge in [-0.3, -0.25) is 9.80 Å². The van der Waals surface area contributed by atoms with Gasteiger partial charge in [-0.15, -0.1) is 0 Å². The van der Waals surface area contributed by atoms with E-state index in [1.54, 1.807) is 0 Å². The normalized spacial score (nSPS) is 14.5. The van der Waals surface area contributed by atoms with Crippen LogP contribution in [-0.4, -0.2) is 64.7 Å². The summed E-state index contributed by atoms with van der Waals surface area (Å²) in [6.07, 6.45) is 4.51. The fourth-order valence-corrected chi connectivity index (χ4v) is 3.99. The van der Waals surface area contributed by atoms with Crippen molar-refractivity contribution in [1.29, 1.82) is 0 Å². The summed E-state index contributed by atoms with van der Waals surface area (Å²) in [6, 6.07) is 32.7. The molecule has 0 bridgehead atoms. The zero-order valence-electron chi connectivity index (χ0n) is 19.0. The van der Waals surface area contributed by atoms with Crippen molar-refractivity contribution < 1.29 is 19.8 Å². The van der Waals surface area contributed by atoms with Crippen molar-refractivity contribution in [2.24, 2.45) is 0 Å². The summed E-state index contributed by atoms with van der Waals surface area (Å²) in [6.45, 7) is 5.41. The van der Waals surface area contributed by atoms with Crippen LogP contribution in [0.3, 0.4) is 0 Å². The molecule has 0 spiro atoms. The predicted octanol–water partition coefficient (Wildman–Crippen LogP) is 4.26. The zero-order valence-corrected chi connectivity index (χ0v) is 19.0. The zero-order chi connectivity index (χ0) is 24.2. The molecule has 4 rings (SSSR count). The molecule has 1 fully saturated rings. The molecule has 0 unspecified atom stereocenters. The maximum absolute atomic E-state index is 9.10. The summed E-state index contributed by atoms with van der Waals surface area (Å²) in [5.41, 5.74) is 4.03. The Bertz CT molecular complexity index is 996. The van der Waals surface area contributed by atoms with Gasteiger partial charge >= 0.3 is 11.9 Å². The Morgan fingerprint density at radius 2 is 1.15 bits per heavy atom. The largest absolute Gasteiger partial charge is 0.473 e. The second kappa shape index (κ2) is 13.1. The van der Waals surface area contributed by atoms with E-state index >= 15 is 0 Å². The molecule has 0 saturated carbocycles. The SMILES string of the molecule is C(=Cc1ccccc1)CN1CCN(C(c2ccccc2)c2ccccc2)CC1.O=C(O)C(=O)O. The molecule has 6 nitrogen and oxygen atoms in total. The molecule has 3 aromatic rings. The van der Waals surface area contributed by atoms with E-state index in [9.17, 15) is 0 Å². The number of carboxylic acids is 2. The van der Waals surface area contributed by atoms with Crippen LogP contribution in [0.2, 0.25) is 0 Å². The molecule has 0 radical (unpaired) electrons. The van der Waals surface area contributed by atoms with E-state index in [1.807, 2.05) is 0 Å². The average molecular weight is 459 g/mol. The summed E-state index contributed by atoms with van der Waals surface area (Å²) >= 11 is 0. The Morgan fingerprint density at radius 1 is 0.706 bits per heavy atom. The first-order chi connectivity index (χ1) is 16.5. The van der Waals surface area contributed by atoms with E-state index in [0.29, 0.717) is 6.04 Å². The lowest BCUT2D eigenvalue weighted by Crippen LogP contribution is -2.47. The molecular weight excluding hydrogens is 428 g/mol. The number of carboxylic acid groups (broad SMARTS) is 2. The standard InChI is InChI=1S/C26H28N2.C2H2O4/c1-4-11-23(12-5-1)13-10-18-27-19-21-28(22-20-27)26(24-14-6-2-7-15-24)25-16-8-3-9-17-25;3-1(4)2(5)6/h1-17,26H,18-22H2;(H,3,4)(H,5,6). The minimum Gasteiger partial charge on any atom is -0.473 e. The van der Waals surface area contributed by atoms with E-state index in [4.69, 9.17) is 19.8 Å². The molecule has 176 valence electrons. The van der Waals surface area contributed by atoms with Crippen LogP contribution >= 0.6 is 0 Å². The lowest BCUT2D eigenvalue weighted by atomic mass is 9.96. The van der Waals surface area contributed by atoms with Gasteiger partial charge in [0.2, 0.25) is 0 Å². The predicted molar refractivity (Wildman–Crippen MR) is 133 cm³/mol. The maximum Gasteiger partial charge on any atom is 0.414 e. The summed E-state index contributed by atoms with van der Waals surface area (Å²) in [7, 11) is 0. The first kappa shape index (κ1) is 24.9. The number of benzene rings is 3. The third-order valence-corrected chi connectivity index (χ3v) is 5.66. The van der Waals surface area contributed by atoms with Gasteiger partial charge in [-0.2, -0.15) is 0 Å². The summed E-state index contributed by atoms with van der Waals surface area (Å²) in [5.74, 6) is -3.65. The molecule has 0 aliphatic carbocycles. The van der Waals surface area contributed by atoms with Crippen LogP contribution in [0.15, 0.2) is 97.1 Å². The summed E-state index contributed by atoms with van der Waals surface area (Å²) < 4.78 is 0. The number of aliphatic carboxylic acids is 2. The van der Waals surface area contributed by atoms with Crippen molar-refractivity contribution in [1.82, 2.24) is 9.80 Å². The second-order valence-corrected chi connectivity index (χ2v) is 7.98. The topological polar surface area (TPSA) is 81.1 Å². The van der Waals surface area contributed by atoms with Crippen molar-refractivity contribution in [3.05, 3.63) is 114 Å². The van der Waals surface area contributed by atoms with Gasteiger partial charge in [-0.1, -0.05) is 103 Å². The van der Waals surface area contributed by atoms with Crippen molar-refractivity contribution in [2.45, 2.75) is 6.04 Å². The van der Waals surface area contributed by atoms with Crippen LogP contribution in [0.4, 0.5) is 0 Å². The fraction of sp³-hybridized carbons (Fsp3) is 0.214. The van der Waals surface area contributed by atoms with Crippen LogP contribution in [-0.2, 0) is 9.59 Å². The van der Waals surface area contributed by atoms with Gasteiger partial charge < -0.3 is 10.2 Å². The Balaban J connectivity index is 0.000000481. The molecule has 0 atom stereocenters. The molecule has 34 heavy (non-hydrogen) atoms. The van der Waals surface area contributed by atoms with Crippen LogP contribution in [0.25, 0.3) is 6.08 Å². The molecule has 0 aromatic heterocycles. The quantitative estimate of drug-likeness (QED) is 0.537. The Kier molecular flexibility index (Phi) is 9.58. The van der Waals surface area contributed by atoms with Gasteiger partial charge in [-0.25, -0.2) is 9.59 Å². The minimum atomic E-state index is -1.82. The van der Waals surface area contributed by atoms with E-state index in [0.717, 1.165) is 32.7 Å². The Morgan fingerprint density at radius 3 is 1.59 bits per heavy atom. The number of nitrogens with zero attached hydrogens (tertiary/aromatic N) is 2. The molecule has 0 amide bonds. The molecule has 1 saturated heterocycles. The van der Waals surface area contributed by atoms with Crippen LogP contribution in [0.5, 0.6) is 0 Å². The first-order valence-corrected chi connectivity index (χ1v) is 11.3. The smallest absolute Gasteiger partial charge is 0.414 e.